The number of anilines is 1. The van der Waals surface area contributed by atoms with Crippen molar-refractivity contribution in [1.29, 1.82) is 0 Å². The zero-order chi connectivity index (χ0) is 14.4. The summed E-state index contributed by atoms with van der Waals surface area (Å²) in [4.78, 5) is 36.9. The minimum absolute atomic E-state index is 0.0932. The van der Waals surface area contributed by atoms with Crippen molar-refractivity contribution in [2.75, 3.05) is 5.32 Å². The lowest BCUT2D eigenvalue weighted by Crippen LogP contribution is -2.44. The monoisotopic (exact) mass is 276 g/mol. The van der Waals surface area contributed by atoms with Crippen LogP contribution < -0.4 is 10.6 Å². The molecule has 2 aromatic heterocycles. The second-order valence-corrected chi connectivity index (χ2v) is 3.84. The summed E-state index contributed by atoms with van der Waals surface area (Å²) in [5.74, 6) is -1.06. The zero-order valence-corrected chi connectivity index (χ0v) is 10.3. The van der Waals surface area contributed by atoms with Gasteiger partial charge in [-0.05, 0) is 6.07 Å². The third kappa shape index (κ3) is 3.77. The van der Waals surface area contributed by atoms with Crippen molar-refractivity contribution in [2.24, 2.45) is 0 Å². The summed E-state index contributed by atoms with van der Waals surface area (Å²) >= 11 is 0. The summed E-state index contributed by atoms with van der Waals surface area (Å²) in [6.45, 7) is 0. The Kier molecular flexibility index (Phi) is 4.22. The number of aromatic nitrogens is 4. The molecule has 1 unspecified atom stereocenters. The molecule has 0 saturated carbocycles. The predicted octanol–water partition coefficient (Wildman–Crippen LogP) is 0.0171. The van der Waals surface area contributed by atoms with Gasteiger partial charge < -0.3 is 15.4 Å². The van der Waals surface area contributed by atoms with Crippen molar-refractivity contribution in [3.05, 3.63) is 36.7 Å². The minimum atomic E-state index is -1.15. The second kappa shape index (κ2) is 6.27. The van der Waals surface area contributed by atoms with Crippen LogP contribution in [0.4, 0.5) is 10.7 Å². The fraction of sp³-hybridized carbons (Fsp3) is 0.182. The number of urea groups is 1. The number of nitrogens with zero attached hydrogens (tertiary/aromatic N) is 3. The Balaban J connectivity index is 1.94. The van der Waals surface area contributed by atoms with Crippen LogP contribution in [0, 0.1) is 0 Å². The molecule has 0 radical (unpaired) electrons. The van der Waals surface area contributed by atoms with Crippen LogP contribution in [0.5, 0.6) is 0 Å². The Morgan fingerprint density at radius 1 is 1.35 bits per heavy atom. The highest BCUT2D eigenvalue weighted by atomic mass is 16.4. The van der Waals surface area contributed by atoms with Crippen molar-refractivity contribution in [3.63, 3.8) is 0 Å². The first kappa shape index (κ1) is 13.5. The maximum Gasteiger partial charge on any atom is 0.326 e. The summed E-state index contributed by atoms with van der Waals surface area (Å²) in [7, 11) is 0. The van der Waals surface area contributed by atoms with Crippen molar-refractivity contribution in [3.8, 4) is 0 Å². The average molecular weight is 276 g/mol. The van der Waals surface area contributed by atoms with E-state index < -0.39 is 18.0 Å². The second-order valence-electron chi connectivity index (χ2n) is 3.84. The van der Waals surface area contributed by atoms with Crippen LogP contribution in [-0.4, -0.2) is 43.1 Å². The lowest BCUT2D eigenvalue weighted by atomic mass is 10.2. The first-order chi connectivity index (χ1) is 9.65. The number of H-pyrrole nitrogens is 1. The summed E-state index contributed by atoms with van der Waals surface area (Å²) in [6.07, 6.45) is 5.95. The summed E-state index contributed by atoms with van der Waals surface area (Å²) in [5.41, 5.74) is 0.605. The van der Waals surface area contributed by atoms with E-state index in [0.29, 0.717) is 5.69 Å². The molecule has 0 aromatic carbocycles. The van der Waals surface area contributed by atoms with Crippen LogP contribution in [-0.2, 0) is 11.2 Å². The van der Waals surface area contributed by atoms with Crippen molar-refractivity contribution < 1.29 is 14.7 Å². The largest absolute Gasteiger partial charge is 0.480 e. The minimum Gasteiger partial charge on any atom is -0.480 e. The standard InChI is InChI=1S/C11H12N6O3/c18-9(19)8(4-7-5-12-6-15-7)16-11(20)17-10-13-2-1-3-14-10/h1-3,5-6,8H,4H2,(H,12,15)(H,18,19)(H2,13,14,16,17,20). The van der Waals surface area contributed by atoms with E-state index in [1.54, 1.807) is 6.07 Å². The van der Waals surface area contributed by atoms with E-state index in [-0.39, 0.29) is 12.4 Å². The smallest absolute Gasteiger partial charge is 0.326 e. The summed E-state index contributed by atoms with van der Waals surface area (Å²) in [6, 6.07) is -0.177. The van der Waals surface area contributed by atoms with Gasteiger partial charge in [-0.15, -0.1) is 0 Å². The van der Waals surface area contributed by atoms with E-state index in [2.05, 4.69) is 30.6 Å². The molecule has 0 aliphatic rings. The molecule has 0 fully saturated rings. The predicted molar refractivity (Wildman–Crippen MR) is 67.9 cm³/mol. The van der Waals surface area contributed by atoms with E-state index in [4.69, 9.17) is 5.11 Å². The lowest BCUT2D eigenvalue weighted by Gasteiger charge is -2.13. The number of nitrogens with one attached hydrogen (secondary N) is 3. The number of hydrogen-bond acceptors (Lipinski definition) is 5. The van der Waals surface area contributed by atoms with Crippen LogP contribution in [0.2, 0.25) is 0 Å². The highest BCUT2D eigenvalue weighted by molar-refractivity contribution is 5.90. The molecule has 1 atom stereocenters. The Bertz CT molecular complexity index is 571. The molecule has 0 saturated heterocycles. The van der Waals surface area contributed by atoms with E-state index in [0.717, 1.165) is 0 Å². The quantitative estimate of drug-likeness (QED) is 0.608. The normalized spacial score (nSPS) is 11.6. The highest BCUT2D eigenvalue weighted by Crippen LogP contribution is 2.00. The van der Waals surface area contributed by atoms with Gasteiger partial charge >= 0.3 is 12.0 Å². The summed E-state index contributed by atoms with van der Waals surface area (Å²) in [5, 5.41) is 13.8. The molecule has 4 N–H and O–H groups in total. The number of carboxylic acid groups (broad SMARTS) is 1. The molecule has 0 bridgehead atoms. The van der Waals surface area contributed by atoms with Gasteiger partial charge in [0.25, 0.3) is 0 Å². The number of carbonyl (C=O) groups is 2. The number of carbonyl (C=O) groups excluding carboxylic acids is 1. The van der Waals surface area contributed by atoms with E-state index in [1.165, 1.54) is 24.9 Å². The van der Waals surface area contributed by atoms with Crippen LogP contribution >= 0.6 is 0 Å². The van der Waals surface area contributed by atoms with Crippen LogP contribution in [0.1, 0.15) is 5.69 Å². The van der Waals surface area contributed by atoms with Crippen molar-refractivity contribution in [1.82, 2.24) is 25.3 Å². The number of rotatable bonds is 5. The van der Waals surface area contributed by atoms with Gasteiger partial charge in [-0.25, -0.2) is 24.5 Å². The Morgan fingerprint density at radius 3 is 2.70 bits per heavy atom. The fourth-order valence-electron chi connectivity index (χ4n) is 1.48. The van der Waals surface area contributed by atoms with Gasteiger partial charge in [0.15, 0.2) is 0 Å². The van der Waals surface area contributed by atoms with Gasteiger partial charge in [0.1, 0.15) is 6.04 Å². The summed E-state index contributed by atoms with van der Waals surface area (Å²) < 4.78 is 0. The Morgan fingerprint density at radius 2 is 2.10 bits per heavy atom. The number of aromatic amines is 1. The van der Waals surface area contributed by atoms with Crippen LogP contribution in [0.15, 0.2) is 31.0 Å². The molecule has 2 heterocycles. The molecule has 0 aliphatic carbocycles. The average Bonchev–Trinajstić information content (AvgIpc) is 2.92. The fourth-order valence-corrected chi connectivity index (χ4v) is 1.48. The topological polar surface area (TPSA) is 133 Å². The molecule has 2 amide bonds. The SMILES string of the molecule is O=C(Nc1ncccn1)NC(Cc1cnc[nH]1)C(=O)O. The Hall–Kier alpha value is -2.97. The number of imidazole rings is 1. The van der Waals surface area contributed by atoms with Gasteiger partial charge in [-0.3, -0.25) is 5.32 Å². The first-order valence-electron chi connectivity index (χ1n) is 5.70. The maximum atomic E-state index is 11.7. The van der Waals surface area contributed by atoms with Crippen molar-refractivity contribution >= 4 is 17.9 Å². The highest BCUT2D eigenvalue weighted by Gasteiger charge is 2.21. The number of hydrogen-bond donors (Lipinski definition) is 4. The first-order valence-corrected chi connectivity index (χ1v) is 5.70. The molecule has 104 valence electrons. The molecule has 9 nitrogen and oxygen atoms in total. The molecule has 2 rings (SSSR count). The number of amides is 2. The van der Waals surface area contributed by atoms with Crippen LogP contribution in [0.3, 0.4) is 0 Å². The molecule has 20 heavy (non-hydrogen) atoms. The van der Waals surface area contributed by atoms with Crippen molar-refractivity contribution in [2.45, 2.75) is 12.5 Å². The van der Waals surface area contributed by atoms with Crippen LogP contribution in [0.25, 0.3) is 0 Å². The third-order valence-electron chi connectivity index (χ3n) is 2.37. The molecule has 9 heteroatoms. The third-order valence-corrected chi connectivity index (χ3v) is 2.37. The molecule has 0 spiro atoms. The van der Waals surface area contributed by atoms with Gasteiger partial charge in [-0.2, -0.15) is 0 Å². The lowest BCUT2D eigenvalue weighted by molar-refractivity contribution is -0.139. The number of carboxylic acids is 1. The molecular weight excluding hydrogens is 264 g/mol. The molecular formula is C11H12N6O3. The van der Waals surface area contributed by atoms with E-state index in [1.807, 2.05) is 0 Å². The van der Waals surface area contributed by atoms with Gasteiger partial charge in [0.2, 0.25) is 5.95 Å². The van der Waals surface area contributed by atoms with E-state index in [9.17, 15) is 9.59 Å². The maximum absolute atomic E-state index is 11.7. The Labute approximate surface area is 113 Å². The molecule has 0 aliphatic heterocycles. The van der Waals surface area contributed by atoms with Gasteiger partial charge in [-0.1, -0.05) is 0 Å². The van der Waals surface area contributed by atoms with Gasteiger partial charge in [0.05, 0.1) is 6.33 Å². The van der Waals surface area contributed by atoms with E-state index >= 15 is 0 Å². The molecule has 2 aromatic rings. The van der Waals surface area contributed by atoms with Gasteiger partial charge in [0, 0.05) is 30.7 Å². The zero-order valence-electron chi connectivity index (χ0n) is 10.3. The number of aliphatic carboxylic acids is 1.